The third-order valence-electron chi connectivity index (χ3n) is 5.83. The molecule has 162 valence electrons. The van der Waals surface area contributed by atoms with Crippen LogP contribution >= 0.6 is 0 Å². The van der Waals surface area contributed by atoms with Gasteiger partial charge in [-0.3, -0.25) is 9.52 Å². The second kappa shape index (κ2) is 9.62. The van der Waals surface area contributed by atoms with Crippen LogP contribution in [0.15, 0.2) is 47.4 Å². The molecule has 30 heavy (non-hydrogen) atoms. The fraction of sp³-hybridized carbons (Fsp3) is 0.435. The number of carbonyl (C=O) groups excluding carboxylic acids is 1. The van der Waals surface area contributed by atoms with E-state index in [9.17, 15) is 13.2 Å². The zero-order valence-corrected chi connectivity index (χ0v) is 18.8. The first-order valence-electron chi connectivity index (χ1n) is 10.4. The fourth-order valence-electron chi connectivity index (χ4n) is 3.74. The molecule has 1 fully saturated rings. The molecule has 0 bridgehead atoms. The highest BCUT2D eigenvalue weighted by molar-refractivity contribution is 7.92. The monoisotopic (exact) mass is 429 g/mol. The average Bonchev–Trinajstić information content (AvgIpc) is 2.71. The van der Waals surface area contributed by atoms with Crippen molar-refractivity contribution in [1.82, 2.24) is 10.2 Å². The first-order chi connectivity index (χ1) is 14.3. The van der Waals surface area contributed by atoms with Crippen LogP contribution in [0.3, 0.4) is 0 Å². The summed E-state index contributed by atoms with van der Waals surface area (Å²) in [5.41, 5.74) is 2.51. The fourth-order valence-corrected chi connectivity index (χ4v) is 4.90. The van der Waals surface area contributed by atoms with Crippen molar-refractivity contribution in [2.45, 2.75) is 38.0 Å². The first kappa shape index (κ1) is 22.3. The van der Waals surface area contributed by atoms with Crippen molar-refractivity contribution in [3.63, 3.8) is 0 Å². The molecular formula is C23H31N3O3S. The average molecular weight is 430 g/mol. The van der Waals surface area contributed by atoms with Gasteiger partial charge in [-0.15, -0.1) is 0 Å². The number of likely N-dealkylation sites (tertiary alicyclic amines) is 1. The van der Waals surface area contributed by atoms with E-state index in [2.05, 4.69) is 22.0 Å². The van der Waals surface area contributed by atoms with Gasteiger partial charge in [0.25, 0.3) is 15.9 Å². The number of piperidine rings is 1. The van der Waals surface area contributed by atoms with Crippen molar-refractivity contribution in [3.05, 3.63) is 59.2 Å². The van der Waals surface area contributed by atoms with Crippen LogP contribution in [-0.2, 0) is 10.0 Å². The Kier molecular flexibility index (Phi) is 7.15. The van der Waals surface area contributed by atoms with E-state index in [1.54, 1.807) is 18.2 Å². The van der Waals surface area contributed by atoms with E-state index >= 15 is 0 Å². The summed E-state index contributed by atoms with van der Waals surface area (Å²) in [6, 6.07) is 11.9. The summed E-state index contributed by atoms with van der Waals surface area (Å²) in [5, 5.41) is 2.97. The summed E-state index contributed by atoms with van der Waals surface area (Å²) in [7, 11) is -1.65. The lowest BCUT2D eigenvalue weighted by atomic mass is 9.94. The topological polar surface area (TPSA) is 78.5 Å². The molecule has 0 unspecified atom stereocenters. The summed E-state index contributed by atoms with van der Waals surface area (Å²) < 4.78 is 28.3. The Labute approximate surface area is 179 Å². The van der Waals surface area contributed by atoms with E-state index in [1.807, 2.05) is 26.0 Å². The van der Waals surface area contributed by atoms with Gasteiger partial charge in [0.15, 0.2) is 0 Å². The zero-order valence-electron chi connectivity index (χ0n) is 17.9. The summed E-state index contributed by atoms with van der Waals surface area (Å²) in [4.78, 5) is 15.1. The Morgan fingerprint density at radius 1 is 1.07 bits per heavy atom. The van der Waals surface area contributed by atoms with Gasteiger partial charge in [0.1, 0.15) is 0 Å². The summed E-state index contributed by atoms with van der Waals surface area (Å²) >= 11 is 0. The Balaban J connectivity index is 1.66. The number of nitrogens with one attached hydrogen (secondary N) is 2. The van der Waals surface area contributed by atoms with Gasteiger partial charge in [-0.05, 0) is 88.5 Å². The Bertz CT molecular complexity index is 997. The van der Waals surface area contributed by atoms with Crippen LogP contribution in [0.2, 0.25) is 0 Å². The maximum atomic E-state index is 12.8. The molecule has 1 aliphatic heterocycles. The van der Waals surface area contributed by atoms with Crippen LogP contribution in [0, 0.1) is 19.8 Å². The molecule has 0 aliphatic carbocycles. The van der Waals surface area contributed by atoms with Crippen LogP contribution < -0.4 is 10.0 Å². The van der Waals surface area contributed by atoms with Crippen molar-refractivity contribution in [2.24, 2.45) is 5.92 Å². The second-order valence-electron chi connectivity index (χ2n) is 8.19. The number of rotatable bonds is 7. The van der Waals surface area contributed by atoms with Crippen molar-refractivity contribution in [1.29, 1.82) is 0 Å². The lowest BCUT2D eigenvalue weighted by Gasteiger charge is -2.28. The Morgan fingerprint density at radius 2 is 1.77 bits per heavy atom. The van der Waals surface area contributed by atoms with E-state index < -0.39 is 10.0 Å². The number of aryl methyl sites for hydroxylation is 2. The maximum absolute atomic E-state index is 12.8. The van der Waals surface area contributed by atoms with Gasteiger partial charge in [-0.1, -0.05) is 24.3 Å². The number of hydrogen-bond acceptors (Lipinski definition) is 4. The van der Waals surface area contributed by atoms with Crippen molar-refractivity contribution < 1.29 is 13.2 Å². The number of amides is 1. The maximum Gasteiger partial charge on any atom is 0.261 e. The second-order valence-corrected chi connectivity index (χ2v) is 9.87. The van der Waals surface area contributed by atoms with Gasteiger partial charge in [0, 0.05) is 12.1 Å². The number of carbonyl (C=O) groups is 1. The van der Waals surface area contributed by atoms with Crippen LogP contribution in [0.1, 0.15) is 40.7 Å². The number of benzene rings is 2. The van der Waals surface area contributed by atoms with Crippen molar-refractivity contribution >= 4 is 21.6 Å². The Morgan fingerprint density at radius 3 is 2.47 bits per heavy atom. The van der Waals surface area contributed by atoms with Crippen LogP contribution in [0.25, 0.3) is 0 Å². The van der Waals surface area contributed by atoms with E-state index in [-0.39, 0.29) is 10.8 Å². The highest BCUT2D eigenvalue weighted by atomic mass is 32.2. The molecular weight excluding hydrogens is 398 g/mol. The lowest BCUT2D eigenvalue weighted by Crippen LogP contribution is -2.33. The van der Waals surface area contributed by atoms with E-state index in [1.165, 1.54) is 12.1 Å². The van der Waals surface area contributed by atoms with Gasteiger partial charge in [-0.25, -0.2) is 8.42 Å². The predicted octanol–water partition coefficient (Wildman–Crippen LogP) is 3.57. The number of sulfonamides is 1. The molecule has 0 atom stereocenters. The molecule has 1 amide bonds. The van der Waals surface area contributed by atoms with Gasteiger partial charge in [0.05, 0.1) is 10.6 Å². The van der Waals surface area contributed by atoms with Crippen LogP contribution in [0.4, 0.5) is 5.69 Å². The van der Waals surface area contributed by atoms with E-state index in [0.29, 0.717) is 23.7 Å². The number of para-hydroxylation sites is 1. The Hall–Kier alpha value is -2.38. The predicted molar refractivity (Wildman–Crippen MR) is 120 cm³/mol. The molecule has 0 aromatic heterocycles. The lowest BCUT2D eigenvalue weighted by molar-refractivity contribution is 0.0948. The molecule has 6 nitrogen and oxygen atoms in total. The SMILES string of the molecule is Cc1ccccc1NS(=O)(=O)c1ccc(C)c(C(=O)NCCC2CCN(C)CC2)c1. The normalized spacial score (nSPS) is 15.7. The van der Waals surface area contributed by atoms with Gasteiger partial charge in [0.2, 0.25) is 0 Å². The molecule has 2 aromatic carbocycles. The number of hydrogen-bond donors (Lipinski definition) is 2. The third kappa shape index (κ3) is 5.61. The van der Waals surface area contributed by atoms with Gasteiger partial charge in [-0.2, -0.15) is 0 Å². The third-order valence-corrected chi connectivity index (χ3v) is 7.19. The van der Waals surface area contributed by atoms with Crippen LogP contribution in [0.5, 0.6) is 0 Å². The van der Waals surface area contributed by atoms with E-state index in [4.69, 9.17) is 0 Å². The summed E-state index contributed by atoms with van der Waals surface area (Å²) in [5.74, 6) is 0.404. The molecule has 2 aromatic rings. The minimum atomic E-state index is -3.79. The van der Waals surface area contributed by atoms with E-state index in [0.717, 1.165) is 43.5 Å². The zero-order chi connectivity index (χ0) is 21.7. The molecule has 0 radical (unpaired) electrons. The molecule has 0 spiro atoms. The minimum absolute atomic E-state index is 0.0804. The molecule has 0 saturated carbocycles. The molecule has 3 rings (SSSR count). The number of anilines is 1. The van der Waals surface area contributed by atoms with Gasteiger partial charge < -0.3 is 10.2 Å². The smallest absolute Gasteiger partial charge is 0.261 e. The van der Waals surface area contributed by atoms with Gasteiger partial charge >= 0.3 is 0 Å². The van der Waals surface area contributed by atoms with Crippen molar-refractivity contribution in [3.8, 4) is 0 Å². The first-order valence-corrected chi connectivity index (χ1v) is 11.9. The molecule has 1 saturated heterocycles. The molecule has 1 aliphatic rings. The molecule has 2 N–H and O–H groups in total. The summed E-state index contributed by atoms with van der Waals surface area (Å²) in [6.07, 6.45) is 3.26. The molecule has 1 heterocycles. The highest BCUT2D eigenvalue weighted by Crippen LogP contribution is 2.22. The largest absolute Gasteiger partial charge is 0.352 e. The quantitative estimate of drug-likeness (QED) is 0.705. The summed E-state index contributed by atoms with van der Waals surface area (Å²) in [6.45, 7) is 6.47. The number of nitrogens with zero attached hydrogens (tertiary/aromatic N) is 1. The minimum Gasteiger partial charge on any atom is -0.352 e. The standard InChI is InChI=1S/C23H31N3O3S/c1-17-8-9-20(30(28,29)25-22-7-5-4-6-18(22)2)16-21(17)23(27)24-13-10-19-11-14-26(3)15-12-19/h4-9,16,19,25H,10-15H2,1-3H3,(H,24,27). The van der Waals surface area contributed by atoms with Crippen molar-refractivity contribution in [2.75, 3.05) is 31.4 Å². The molecule has 7 heteroatoms. The van der Waals surface area contributed by atoms with Crippen LogP contribution in [-0.4, -0.2) is 45.9 Å². The highest BCUT2D eigenvalue weighted by Gasteiger charge is 2.20.